The molecule has 0 spiro atoms. The average molecular weight is 576 g/mol. The van der Waals surface area contributed by atoms with Gasteiger partial charge in [0.15, 0.2) is 0 Å². The van der Waals surface area contributed by atoms with Gasteiger partial charge in [-0.3, -0.25) is 13.9 Å². The van der Waals surface area contributed by atoms with Gasteiger partial charge in [0, 0.05) is 18.1 Å². The van der Waals surface area contributed by atoms with E-state index in [0.717, 1.165) is 26.0 Å². The van der Waals surface area contributed by atoms with Crippen molar-refractivity contribution in [2.24, 2.45) is 0 Å². The summed E-state index contributed by atoms with van der Waals surface area (Å²) in [6.45, 7) is 2.71. The zero-order valence-corrected chi connectivity index (χ0v) is 22.5. The summed E-state index contributed by atoms with van der Waals surface area (Å²) in [5, 5.41) is 2.52. The Kier molecular flexibility index (Phi) is 8.86. The van der Waals surface area contributed by atoms with Crippen LogP contribution in [-0.4, -0.2) is 44.8 Å². The number of carbonyl (C=O) groups is 2. The first-order chi connectivity index (χ1) is 17.0. The fourth-order valence-corrected chi connectivity index (χ4v) is 5.50. The van der Waals surface area contributed by atoms with Crippen LogP contribution >= 0.6 is 15.9 Å². The summed E-state index contributed by atoms with van der Waals surface area (Å²) in [7, 11) is -2.86. The smallest absolute Gasteiger partial charge is 0.264 e. The molecule has 3 aromatic rings. The quantitative estimate of drug-likeness (QED) is 0.413. The molecule has 0 bridgehead atoms. The van der Waals surface area contributed by atoms with Gasteiger partial charge in [0.25, 0.3) is 10.0 Å². The number of halogens is 2. The van der Waals surface area contributed by atoms with E-state index in [0.29, 0.717) is 0 Å². The van der Waals surface area contributed by atoms with Crippen molar-refractivity contribution in [3.8, 4) is 0 Å². The molecule has 190 valence electrons. The molecule has 0 radical (unpaired) electrons. The van der Waals surface area contributed by atoms with Gasteiger partial charge in [-0.1, -0.05) is 57.9 Å². The van der Waals surface area contributed by atoms with Crippen LogP contribution in [0.4, 0.5) is 10.1 Å². The summed E-state index contributed by atoms with van der Waals surface area (Å²) in [6, 6.07) is 17.7. The zero-order chi connectivity index (χ0) is 26.5. The molecule has 0 saturated carbocycles. The van der Waals surface area contributed by atoms with Crippen molar-refractivity contribution in [2.75, 3.05) is 17.9 Å². The van der Waals surface area contributed by atoms with Gasteiger partial charge in [0.2, 0.25) is 11.8 Å². The molecule has 1 atom stereocenters. The summed E-state index contributed by atoms with van der Waals surface area (Å²) in [5.41, 5.74) is 1.32. The van der Waals surface area contributed by atoms with Gasteiger partial charge in [-0.05, 0) is 55.8 Å². The Labute approximate surface area is 219 Å². The number of aryl methyl sites for hydroxylation is 1. The van der Waals surface area contributed by atoms with Crippen LogP contribution in [0.1, 0.15) is 18.1 Å². The Morgan fingerprint density at radius 1 is 1.03 bits per heavy atom. The fraction of sp³-hybridized carbons (Fsp3) is 0.231. The van der Waals surface area contributed by atoms with E-state index in [9.17, 15) is 22.4 Å². The highest BCUT2D eigenvalue weighted by molar-refractivity contribution is 9.10. The molecule has 0 aliphatic carbocycles. The van der Waals surface area contributed by atoms with Crippen molar-refractivity contribution in [1.82, 2.24) is 10.2 Å². The van der Waals surface area contributed by atoms with Gasteiger partial charge in [-0.15, -0.1) is 0 Å². The van der Waals surface area contributed by atoms with Crippen molar-refractivity contribution >= 4 is 43.5 Å². The molecule has 0 saturated heterocycles. The number of rotatable bonds is 9. The largest absolute Gasteiger partial charge is 0.357 e. The standard InChI is InChI=1S/C26H27BrFN3O4S/c1-18-11-13-22(14-12-18)36(34,35)31(24-10-5-4-9-23(24)28)17-25(32)30(19(2)26(33)29-3)16-20-7-6-8-21(27)15-20/h4-15,19H,16-17H2,1-3H3,(H,29,33). The normalized spacial score (nSPS) is 12.0. The highest BCUT2D eigenvalue weighted by atomic mass is 79.9. The van der Waals surface area contributed by atoms with Gasteiger partial charge < -0.3 is 10.2 Å². The molecule has 3 aromatic carbocycles. The van der Waals surface area contributed by atoms with Gasteiger partial charge in [0.1, 0.15) is 18.4 Å². The number of nitrogens with zero attached hydrogens (tertiary/aromatic N) is 2. The minimum absolute atomic E-state index is 0.0442. The lowest BCUT2D eigenvalue weighted by molar-refractivity contribution is -0.139. The second kappa shape index (κ2) is 11.7. The van der Waals surface area contributed by atoms with Crippen molar-refractivity contribution < 1.29 is 22.4 Å². The van der Waals surface area contributed by atoms with E-state index >= 15 is 0 Å². The molecule has 0 aliphatic rings. The number of nitrogens with one attached hydrogen (secondary N) is 1. The third-order valence-corrected chi connectivity index (χ3v) is 7.93. The lowest BCUT2D eigenvalue weighted by Gasteiger charge is -2.32. The van der Waals surface area contributed by atoms with Crippen molar-refractivity contribution in [1.29, 1.82) is 0 Å². The number of hydrogen-bond donors (Lipinski definition) is 1. The number of likely N-dealkylation sites (N-methyl/N-ethyl adjacent to an activating group) is 1. The number of para-hydroxylation sites is 1. The highest BCUT2D eigenvalue weighted by Gasteiger charge is 2.33. The molecule has 0 aromatic heterocycles. The van der Waals surface area contributed by atoms with Gasteiger partial charge in [-0.25, -0.2) is 12.8 Å². The van der Waals surface area contributed by atoms with E-state index in [4.69, 9.17) is 0 Å². The van der Waals surface area contributed by atoms with Crippen LogP contribution in [0.5, 0.6) is 0 Å². The summed E-state index contributed by atoms with van der Waals surface area (Å²) >= 11 is 3.39. The maximum Gasteiger partial charge on any atom is 0.264 e. The number of anilines is 1. The van der Waals surface area contributed by atoms with Crippen LogP contribution in [-0.2, 0) is 26.2 Å². The lowest BCUT2D eigenvalue weighted by Crippen LogP contribution is -2.50. The number of sulfonamides is 1. The first-order valence-electron chi connectivity index (χ1n) is 11.1. The summed E-state index contributed by atoms with van der Waals surface area (Å²) in [6.07, 6.45) is 0. The van der Waals surface area contributed by atoms with E-state index in [2.05, 4.69) is 21.2 Å². The molecule has 1 unspecified atom stereocenters. The molecule has 3 rings (SSSR count). The summed E-state index contributed by atoms with van der Waals surface area (Å²) in [5.74, 6) is -1.87. The molecular weight excluding hydrogens is 549 g/mol. The second-order valence-electron chi connectivity index (χ2n) is 8.22. The van der Waals surface area contributed by atoms with Crippen molar-refractivity contribution in [3.05, 3.63) is 94.2 Å². The minimum atomic E-state index is -4.32. The number of hydrogen-bond acceptors (Lipinski definition) is 4. The van der Waals surface area contributed by atoms with Crippen LogP contribution in [0.3, 0.4) is 0 Å². The first kappa shape index (κ1) is 27.3. The van der Waals surface area contributed by atoms with Crippen molar-refractivity contribution in [3.63, 3.8) is 0 Å². The molecule has 1 N–H and O–H groups in total. The molecule has 2 amide bonds. The topological polar surface area (TPSA) is 86.8 Å². The van der Waals surface area contributed by atoms with E-state index in [1.807, 2.05) is 13.0 Å². The highest BCUT2D eigenvalue weighted by Crippen LogP contribution is 2.27. The van der Waals surface area contributed by atoms with Gasteiger partial charge >= 0.3 is 0 Å². The Morgan fingerprint density at radius 2 is 1.69 bits per heavy atom. The Balaban J connectivity index is 2.05. The Hall–Kier alpha value is -3.24. The molecule has 10 heteroatoms. The predicted molar refractivity (Wildman–Crippen MR) is 140 cm³/mol. The van der Waals surface area contributed by atoms with Crippen LogP contribution in [0.25, 0.3) is 0 Å². The molecular formula is C26H27BrFN3O4S. The summed E-state index contributed by atoms with van der Waals surface area (Å²) in [4.78, 5) is 27.3. The second-order valence-corrected chi connectivity index (χ2v) is 11.0. The van der Waals surface area contributed by atoms with E-state index in [1.165, 1.54) is 42.3 Å². The molecule has 0 fully saturated rings. The van der Waals surface area contributed by atoms with E-state index in [-0.39, 0.29) is 17.1 Å². The average Bonchev–Trinajstić information content (AvgIpc) is 2.85. The Bertz CT molecular complexity index is 1350. The number of benzene rings is 3. The molecule has 36 heavy (non-hydrogen) atoms. The maximum absolute atomic E-state index is 14.8. The zero-order valence-electron chi connectivity index (χ0n) is 20.1. The van der Waals surface area contributed by atoms with E-state index in [1.54, 1.807) is 37.3 Å². The predicted octanol–water partition coefficient (Wildman–Crippen LogP) is 4.26. The SMILES string of the molecule is CNC(=O)C(C)N(Cc1cccc(Br)c1)C(=O)CN(c1ccccc1F)S(=O)(=O)c1ccc(C)cc1. The van der Waals surface area contributed by atoms with Crippen LogP contribution in [0.15, 0.2) is 82.2 Å². The van der Waals surface area contributed by atoms with E-state index < -0.39 is 40.2 Å². The third-order valence-electron chi connectivity index (χ3n) is 5.66. The van der Waals surface area contributed by atoms with Gasteiger partial charge in [-0.2, -0.15) is 0 Å². The van der Waals surface area contributed by atoms with Crippen LogP contribution in [0.2, 0.25) is 0 Å². The lowest BCUT2D eigenvalue weighted by atomic mass is 10.1. The number of amides is 2. The monoisotopic (exact) mass is 575 g/mol. The fourth-order valence-electron chi connectivity index (χ4n) is 3.63. The molecule has 0 aliphatic heterocycles. The maximum atomic E-state index is 14.8. The van der Waals surface area contributed by atoms with Gasteiger partial charge in [0.05, 0.1) is 10.6 Å². The van der Waals surface area contributed by atoms with Crippen LogP contribution in [0, 0.1) is 12.7 Å². The third kappa shape index (κ3) is 6.30. The molecule has 0 heterocycles. The minimum Gasteiger partial charge on any atom is -0.357 e. The first-order valence-corrected chi connectivity index (χ1v) is 13.4. The summed E-state index contributed by atoms with van der Waals surface area (Å²) < 4.78 is 43.6. The van der Waals surface area contributed by atoms with Crippen molar-refractivity contribution in [2.45, 2.75) is 31.3 Å². The number of carbonyl (C=O) groups excluding carboxylic acids is 2. The van der Waals surface area contributed by atoms with Crippen LogP contribution < -0.4 is 9.62 Å². The Morgan fingerprint density at radius 3 is 2.31 bits per heavy atom. The molecule has 7 nitrogen and oxygen atoms in total.